The van der Waals surface area contributed by atoms with Gasteiger partial charge in [-0.15, -0.1) is 0 Å². The van der Waals surface area contributed by atoms with E-state index >= 15 is 4.39 Å². The molecule has 0 bridgehead atoms. The lowest BCUT2D eigenvalue weighted by Crippen LogP contribution is -2.45. The molecule has 2 heterocycles. The molecule has 0 amide bonds. The van der Waals surface area contributed by atoms with Crippen molar-refractivity contribution in [3.63, 3.8) is 0 Å². The molecule has 0 saturated carbocycles. The molecule has 0 aliphatic carbocycles. The van der Waals surface area contributed by atoms with E-state index in [-0.39, 0.29) is 44.4 Å². The highest BCUT2D eigenvalue weighted by Gasteiger charge is 2.42. The van der Waals surface area contributed by atoms with Crippen LogP contribution in [0.15, 0.2) is 36.5 Å². The Labute approximate surface area is 223 Å². The van der Waals surface area contributed by atoms with Gasteiger partial charge in [-0.2, -0.15) is 0 Å². The van der Waals surface area contributed by atoms with Gasteiger partial charge in [0, 0.05) is 41.4 Å². The summed E-state index contributed by atoms with van der Waals surface area (Å²) in [5.41, 5.74) is -0.000627. The number of rotatable bonds is 11. The van der Waals surface area contributed by atoms with Crippen LogP contribution in [0.3, 0.4) is 0 Å². The molecule has 0 spiro atoms. The topological polar surface area (TPSA) is 92.1 Å². The van der Waals surface area contributed by atoms with E-state index in [2.05, 4.69) is 4.98 Å². The number of fused-ring (bicyclic) bond motifs is 1. The summed E-state index contributed by atoms with van der Waals surface area (Å²) in [5.74, 6) is -4.48. The normalized spacial score (nSPS) is 16.3. The number of piperidine rings is 1. The van der Waals surface area contributed by atoms with Crippen LogP contribution in [0, 0.1) is 22.9 Å². The summed E-state index contributed by atoms with van der Waals surface area (Å²) in [6.07, 6.45) is 0.417. The highest BCUT2D eigenvalue weighted by atomic mass is 19.1. The molecule has 4 rings (SSSR count). The predicted octanol–water partition coefficient (Wildman–Crippen LogP) is 5.19. The van der Waals surface area contributed by atoms with Crippen LogP contribution in [0.5, 0.6) is 11.5 Å². The molecule has 0 radical (unpaired) electrons. The van der Waals surface area contributed by atoms with Crippen molar-refractivity contribution in [3.8, 4) is 11.5 Å². The lowest BCUT2D eigenvalue weighted by Gasteiger charge is -2.39. The zero-order valence-electron chi connectivity index (χ0n) is 21.4. The van der Waals surface area contributed by atoms with Gasteiger partial charge in [-0.25, -0.2) is 17.6 Å². The first kappa shape index (κ1) is 28.6. The molecule has 2 N–H and O–H groups in total. The minimum Gasteiger partial charge on any atom is -0.497 e. The average molecular weight is 551 g/mol. The van der Waals surface area contributed by atoms with Gasteiger partial charge in [0.25, 0.3) is 0 Å². The van der Waals surface area contributed by atoms with E-state index in [9.17, 15) is 28.2 Å². The number of likely N-dealkylation sites (tertiary alicyclic amines) is 1. The third-order valence-corrected chi connectivity index (χ3v) is 7.44. The Hall–Kier alpha value is -3.44. The quantitative estimate of drug-likeness (QED) is 0.318. The van der Waals surface area contributed by atoms with Gasteiger partial charge in [-0.3, -0.25) is 14.7 Å². The zero-order valence-corrected chi connectivity index (χ0v) is 21.4. The number of carboxylic acids is 1. The first-order chi connectivity index (χ1) is 18.7. The van der Waals surface area contributed by atoms with Crippen LogP contribution in [-0.2, 0) is 11.4 Å². The Morgan fingerprint density at radius 3 is 2.46 bits per heavy atom. The maximum Gasteiger partial charge on any atom is 0.309 e. The number of nitrogens with zero attached hydrogens (tertiary/aromatic N) is 2. The van der Waals surface area contributed by atoms with Crippen LogP contribution < -0.4 is 9.47 Å². The van der Waals surface area contributed by atoms with Crippen LogP contribution in [-0.4, -0.2) is 59.4 Å². The Balaban J connectivity index is 1.39. The molecule has 1 fully saturated rings. The van der Waals surface area contributed by atoms with Crippen molar-refractivity contribution in [1.29, 1.82) is 0 Å². The number of ether oxygens (including phenoxy) is 2. The second kappa shape index (κ2) is 12.2. The van der Waals surface area contributed by atoms with Gasteiger partial charge >= 0.3 is 5.97 Å². The summed E-state index contributed by atoms with van der Waals surface area (Å²) in [5, 5.41) is 20.4. The van der Waals surface area contributed by atoms with Gasteiger partial charge in [-0.05, 0) is 57.0 Å². The molecular weight excluding hydrogens is 520 g/mol. The number of carboxylic acid groups (broad SMARTS) is 1. The molecule has 1 aliphatic rings. The number of benzene rings is 2. The fraction of sp³-hybridized carbons (Fsp3) is 0.429. The van der Waals surface area contributed by atoms with Crippen LogP contribution in [0.4, 0.5) is 17.6 Å². The highest BCUT2D eigenvalue weighted by molar-refractivity contribution is 5.85. The lowest BCUT2D eigenvalue weighted by atomic mass is 9.74. The fourth-order valence-electron chi connectivity index (χ4n) is 5.12. The van der Waals surface area contributed by atoms with Crippen molar-refractivity contribution >= 4 is 16.9 Å². The van der Waals surface area contributed by atoms with Crippen molar-refractivity contribution < 1.29 is 42.0 Å². The average Bonchev–Trinajstić information content (AvgIpc) is 2.92. The minimum absolute atomic E-state index is 0.0676. The second-order valence-electron chi connectivity index (χ2n) is 9.72. The molecule has 0 unspecified atom stereocenters. The highest BCUT2D eigenvalue weighted by Crippen LogP contribution is 2.41. The molecule has 11 heteroatoms. The van der Waals surface area contributed by atoms with Gasteiger partial charge in [-0.1, -0.05) is 0 Å². The fourth-order valence-corrected chi connectivity index (χ4v) is 5.12. The molecular formula is C28H30F4N2O5. The molecule has 210 valence electrons. The van der Waals surface area contributed by atoms with E-state index in [1.807, 2.05) is 4.90 Å². The number of aliphatic hydroxyl groups excluding tert-OH is 1. The number of aliphatic hydroxyl groups is 1. The van der Waals surface area contributed by atoms with Gasteiger partial charge in [0.2, 0.25) is 0 Å². The Morgan fingerprint density at radius 1 is 1.15 bits per heavy atom. The number of methoxy groups -OCH3 is 1. The summed E-state index contributed by atoms with van der Waals surface area (Å²) in [4.78, 5) is 18.5. The summed E-state index contributed by atoms with van der Waals surface area (Å²) in [7, 11) is 1.49. The summed E-state index contributed by atoms with van der Waals surface area (Å²) >= 11 is 0. The molecule has 1 aromatic heterocycles. The lowest BCUT2D eigenvalue weighted by molar-refractivity contribution is -0.153. The Kier molecular flexibility index (Phi) is 8.91. The van der Waals surface area contributed by atoms with Crippen LogP contribution in [0.1, 0.15) is 43.0 Å². The largest absolute Gasteiger partial charge is 0.497 e. The second-order valence-corrected chi connectivity index (χ2v) is 9.72. The van der Waals surface area contributed by atoms with Gasteiger partial charge in [0.1, 0.15) is 24.3 Å². The van der Waals surface area contributed by atoms with E-state index in [4.69, 9.17) is 9.47 Å². The van der Waals surface area contributed by atoms with Crippen molar-refractivity contribution in [2.45, 2.75) is 38.5 Å². The molecule has 2 aromatic carbocycles. The van der Waals surface area contributed by atoms with E-state index in [0.29, 0.717) is 47.4 Å². The first-order valence-corrected chi connectivity index (χ1v) is 12.6. The first-order valence-electron chi connectivity index (χ1n) is 12.6. The third kappa shape index (κ3) is 6.25. The molecule has 39 heavy (non-hydrogen) atoms. The number of hydrogen-bond acceptors (Lipinski definition) is 6. The van der Waals surface area contributed by atoms with Crippen molar-refractivity contribution in [3.05, 3.63) is 65.1 Å². The van der Waals surface area contributed by atoms with Crippen LogP contribution in [0.2, 0.25) is 0 Å². The van der Waals surface area contributed by atoms with Gasteiger partial charge < -0.3 is 19.7 Å². The standard InChI is InChI=1S/C28H30F4N2O5/c1-38-19-2-3-24-20(14-19)25(17(16-35)15-33-24)21(30)4-5-28(27(36)37)6-8-34(9-7-28)10-11-39-26-22(31)12-18(29)13-23(26)32/h2-3,12-15,21,35H,4-11,16H2,1H3,(H,36,37)/t21-/m0/s1. The maximum absolute atomic E-state index is 15.7. The Morgan fingerprint density at radius 2 is 1.85 bits per heavy atom. The van der Waals surface area contributed by atoms with Crippen molar-refractivity contribution in [1.82, 2.24) is 9.88 Å². The summed E-state index contributed by atoms with van der Waals surface area (Å²) in [6.45, 7) is 0.538. The number of carbonyl (C=O) groups is 1. The Bertz CT molecular complexity index is 1300. The molecule has 3 aromatic rings. The molecule has 1 saturated heterocycles. The van der Waals surface area contributed by atoms with Crippen LogP contribution >= 0.6 is 0 Å². The summed E-state index contributed by atoms with van der Waals surface area (Å²) in [6, 6.07) is 6.12. The summed E-state index contributed by atoms with van der Waals surface area (Å²) < 4.78 is 66.8. The number of hydrogen-bond donors (Lipinski definition) is 2. The monoisotopic (exact) mass is 550 g/mol. The molecule has 1 atom stereocenters. The zero-order chi connectivity index (χ0) is 28.2. The number of halogens is 4. The van der Waals surface area contributed by atoms with E-state index in [1.54, 1.807) is 18.2 Å². The SMILES string of the molecule is COc1ccc2ncc(CO)c([C@@H](F)CCC3(C(=O)O)CCN(CCOc4c(F)cc(F)cc4F)CC3)c2c1. The number of pyridine rings is 1. The van der Waals surface area contributed by atoms with Gasteiger partial charge in [0.15, 0.2) is 17.4 Å². The van der Waals surface area contributed by atoms with E-state index < -0.39 is 47.4 Å². The minimum atomic E-state index is -1.53. The molecule has 1 aliphatic heterocycles. The number of aliphatic carboxylic acids is 1. The number of alkyl halides is 1. The third-order valence-electron chi connectivity index (χ3n) is 7.44. The molecule has 7 nitrogen and oxygen atoms in total. The maximum atomic E-state index is 15.7. The number of aromatic nitrogens is 1. The van der Waals surface area contributed by atoms with E-state index in [1.165, 1.54) is 13.3 Å². The predicted molar refractivity (Wildman–Crippen MR) is 135 cm³/mol. The smallest absolute Gasteiger partial charge is 0.309 e. The van der Waals surface area contributed by atoms with Crippen LogP contribution in [0.25, 0.3) is 10.9 Å². The van der Waals surface area contributed by atoms with Crippen molar-refractivity contribution in [2.24, 2.45) is 5.41 Å². The van der Waals surface area contributed by atoms with E-state index in [0.717, 1.165) is 0 Å². The van der Waals surface area contributed by atoms with Gasteiger partial charge in [0.05, 0.1) is 24.6 Å². The van der Waals surface area contributed by atoms with Crippen molar-refractivity contribution in [2.75, 3.05) is 33.4 Å².